The number of carbonyl (C=O) groups is 1. The summed E-state index contributed by atoms with van der Waals surface area (Å²) < 4.78 is 0. The Morgan fingerprint density at radius 1 is 1.37 bits per heavy atom. The van der Waals surface area contributed by atoms with Gasteiger partial charge in [-0.3, -0.25) is 4.79 Å². The first-order valence-electron chi connectivity index (χ1n) is 6.54. The number of thioether (sulfide) groups is 1. The van der Waals surface area contributed by atoms with Gasteiger partial charge in [-0.15, -0.1) is 0 Å². The van der Waals surface area contributed by atoms with E-state index in [0.717, 1.165) is 24.1 Å². The van der Waals surface area contributed by atoms with Crippen molar-refractivity contribution in [3.05, 3.63) is 35.9 Å². The van der Waals surface area contributed by atoms with E-state index in [4.69, 9.17) is 5.73 Å². The number of hydrogen-bond donors (Lipinski definition) is 2. The fraction of sp³-hybridized carbons (Fsp3) is 0.400. The number of nitrogens with two attached hydrogens (primary N) is 1. The molecule has 2 atom stereocenters. The molecule has 1 fully saturated rings. The monoisotopic (exact) mass is 276 g/mol. The highest BCUT2D eigenvalue weighted by molar-refractivity contribution is 7.99. The Labute approximate surface area is 118 Å². The van der Waals surface area contributed by atoms with Crippen molar-refractivity contribution in [2.75, 3.05) is 12.0 Å². The van der Waals surface area contributed by atoms with E-state index in [0.29, 0.717) is 11.3 Å². The summed E-state index contributed by atoms with van der Waals surface area (Å²) >= 11 is 1.89. The molecule has 1 saturated carbocycles. The highest BCUT2D eigenvalue weighted by atomic mass is 32.2. The van der Waals surface area contributed by atoms with Crippen molar-refractivity contribution in [1.29, 1.82) is 0 Å². The highest BCUT2D eigenvalue weighted by Crippen LogP contribution is 2.28. The molecule has 4 heteroatoms. The van der Waals surface area contributed by atoms with Crippen molar-refractivity contribution in [2.45, 2.75) is 30.6 Å². The lowest BCUT2D eigenvalue weighted by Gasteiger charge is -2.10. The van der Waals surface area contributed by atoms with Gasteiger partial charge in [0.1, 0.15) is 0 Å². The lowest BCUT2D eigenvalue weighted by Crippen LogP contribution is -2.31. The minimum atomic E-state index is -0.0106. The van der Waals surface area contributed by atoms with E-state index in [9.17, 15) is 4.79 Å². The number of amides is 1. The van der Waals surface area contributed by atoms with E-state index in [2.05, 4.69) is 11.6 Å². The van der Waals surface area contributed by atoms with Gasteiger partial charge in [0.15, 0.2) is 0 Å². The van der Waals surface area contributed by atoms with Crippen molar-refractivity contribution in [1.82, 2.24) is 5.32 Å². The molecule has 19 heavy (non-hydrogen) atoms. The Hall–Kier alpha value is -1.42. The van der Waals surface area contributed by atoms with Gasteiger partial charge in [0.25, 0.3) is 0 Å². The van der Waals surface area contributed by atoms with Crippen LogP contribution in [0.5, 0.6) is 0 Å². The molecule has 1 aromatic carbocycles. The summed E-state index contributed by atoms with van der Waals surface area (Å²) in [7, 11) is 0. The van der Waals surface area contributed by atoms with Crippen molar-refractivity contribution < 1.29 is 4.79 Å². The third kappa shape index (κ3) is 4.31. The van der Waals surface area contributed by atoms with Crippen molar-refractivity contribution in [3.8, 4) is 0 Å². The van der Waals surface area contributed by atoms with Gasteiger partial charge in [-0.25, -0.2) is 0 Å². The number of anilines is 1. The Morgan fingerprint density at radius 3 is 2.74 bits per heavy atom. The van der Waals surface area contributed by atoms with E-state index in [1.807, 2.05) is 42.1 Å². The van der Waals surface area contributed by atoms with Crippen LogP contribution in [-0.2, 0) is 4.79 Å². The zero-order valence-electron chi connectivity index (χ0n) is 11.1. The van der Waals surface area contributed by atoms with Gasteiger partial charge < -0.3 is 11.1 Å². The molecule has 2 rings (SSSR count). The SMILES string of the molecule is CSC1CCC(NC(=O)/C=C/c2ccc(N)cc2)C1. The summed E-state index contributed by atoms with van der Waals surface area (Å²) in [6, 6.07) is 7.80. The minimum absolute atomic E-state index is 0.0106. The maximum Gasteiger partial charge on any atom is 0.244 e. The zero-order valence-corrected chi connectivity index (χ0v) is 12.0. The van der Waals surface area contributed by atoms with Gasteiger partial charge in [-0.1, -0.05) is 12.1 Å². The Bertz CT molecular complexity index is 456. The van der Waals surface area contributed by atoms with Crippen LogP contribution in [0.4, 0.5) is 5.69 Å². The molecule has 1 amide bonds. The first kappa shape index (κ1) is 14.0. The van der Waals surface area contributed by atoms with Crippen molar-refractivity contribution in [3.63, 3.8) is 0 Å². The van der Waals surface area contributed by atoms with Crippen LogP contribution >= 0.6 is 11.8 Å². The minimum Gasteiger partial charge on any atom is -0.399 e. The normalized spacial score (nSPS) is 22.8. The average Bonchev–Trinajstić information content (AvgIpc) is 2.86. The maximum atomic E-state index is 11.8. The van der Waals surface area contributed by atoms with Crippen LogP contribution < -0.4 is 11.1 Å². The Morgan fingerprint density at radius 2 is 2.11 bits per heavy atom. The maximum absolute atomic E-state index is 11.8. The summed E-state index contributed by atoms with van der Waals surface area (Å²) in [6.07, 6.45) is 8.92. The van der Waals surface area contributed by atoms with Crippen LogP contribution in [0.1, 0.15) is 24.8 Å². The standard InChI is InChI=1S/C15H20N2OS/c1-19-14-8-7-13(10-14)17-15(18)9-4-11-2-5-12(16)6-3-11/h2-6,9,13-14H,7-8,10,16H2,1H3,(H,17,18)/b9-4+. The number of nitrogens with one attached hydrogen (secondary N) is 1. The zero-order chi connectivity index (χ0) is 13.7. The van der Waals surface area contributed by atoms with E-state index in [-0.39, 0.29) is 5.91 Å². The number of benzene rings is 1. The fourth-order valence-electron chi connectivity index (χ4n) is 2.31. The fourth-order valence-corrected chi connectivity index (χ4v) is 3.11. The van der Waals surface area contributed by atoms with Gasteiger partial charge >= 0.3 is 0 Å². The lowest BCUT2D eigenvalue weighted by molar-refractivity contribution is -0.117. The molecule has 2 unspecified atom stereocenters. The molecule has 0 saturated heterocycles. The highest BCUT2D eigenvalue weighted by Gasteiger charge is 2.24. The molecule has 1 aromatic rings. The topological polar surface area (TPSA) is 55.1 Å². The first-order chi connectivity index (χ1) is 9.17. The predicted molar refractivity (Wildman–Crippen MR) is 83.0 cm³/mol. The molecule has 0 heterocycles. The van der Waals surface area contributed by atoms with Crippen LogP contribution in [0, 0.1) is 0 Å². The third-order valence-corrected chi connectivity index (χ3v) is 4.52. The molecule has 0 aliphatic heterocycles. The lowest BCUT2D eigenvalue weighted by atomic mass is 10.2. The molecular weight excluding hydrogens is 256 g/mol. The molecule has 0 radical (unpaired) electrons. The molecular formula is C15H20N2OS. The average molecular weight is 276 g/mol. The second-order valence-corrected chi connectivity index (χ2v) is 6.01. The summed E-state index contributed by atoms with van der Waals surface area (Å²) in [6.45, 7) is 0. The molecule has 102 valence electrons. The largest absolute Gasteiger partial charge is 0.399 e. The number of carbonyl (C=O) groups excluding carboxylic acids is 1. The van der Waals surface area contributed by atoms with Gasteiger partial charge in [0.05, 0.1) is 0 Å². The van der Waals surface area contributed by atoms with Gasteiger partial charge in [0, 0.05) is 23.1 Å². The molecule has 0 spiro atoms. The van der Waals surface area contributed by atoms with Gasteiger partial charge in [-0.05, 0) is 49.3 Å². The van der Waals surface area contributed by atoms with E-state index < -0.39 is 0 Å². The van der Waals surface area contributed by atoms with Crippen molar-refractivity contribution >= 4 is 29.4 Å². The number of hydrogen-bond acceptors (Lipinski definition) is 3. The van der Waals surface area contributed by atoms with E-state index >= 15 is 0 Å². The number of rotatable bonds is 4. The summed E-state index contributed by atoms with van der Waals surface area (Å²) in [5, 5.41) is 3.76. The van der Waals surface area contributed by atoms with Gasteiger partial charge in [0.2, 0.25) is 5.91 Å². The third-order valence-electron chi connectivity index (χ3n) is 3.43. The summed E-state index contributed by atoms with van der Waals surface area (Å²) in [4.78, 5) is 11.8. The van der Waals surface area contributed by atoms with Crippen LogP contribution in [0.15, 0.2) is 30.3 Å². The second kappa shape index (κ2) is 6.66. The van der Waals surface area contributed by atoms with E-state index in [1.165, 1.54) is 6.42 Å². The first-order valence-corrected chi connectivity index (χ1v) is 7.83. The molecule has 1 aliphatic rings. The van der Waals surface area contributed by atoms with Crippen LogP contribution in [0.25, 0.3) is 6.08 Å². The molecule has 1 aliphatic carbocycles. The van der Waals surface area contributed by atoms with Crippen LogP contribution in [0.3, 0.4) is 0 Å². The smallest absolute Gasteiger partial charge is 0.244 e. The molecule has 0 aromatic heterocycles. The van der Waals surface area contributed by atoms with E-state index in [1.54, 1.807) is 6.08 Å². The molecule has 3 N–H and O–H groups in total. The van der Waals surface area contributed by atoms with Crippen LogP contribution in [0.2, 0.25) is 0 Å². The summed E-state index contributed by atoms with van der Waals surface area (Å²) in [5.41, 5.74) is 7.33. The quantitative estimate of drug-likeness (QED) is 0.656. The predicted octanol–water partition coefficient (Wildman–Crippen LogP) is 2.68. The Balaban J connectivity index is 1.82. The molecule has 0 bridgehead atoms. The Kier molecular flexibility index (Phi) is 4.91. The molecule has 3 nitrogen and oxygen atoms in total. The number of nitrogen functional groups attached to an aromatic ring is 1. The van der Waals surface area contributed by atoms with Gasteiger partial charge in [-0.2, -0.15) is 11.8 Å². The summed E-state index contributed by atoms with van der Waals surface area (Å²) in [5.74, 6) is -0.0106. The van der Waals surface area contributed by atoms with Crippen LogP contribution in [-0.4, -0.2) is 23.5 Å². The second-order valence-electron chi connectivity index (χ2n) is 4.88. The van der Waals surface area contributed by atoms with Crippen molar-refractivity contribution in [2.24, 2.45) is 0 Å².